The molecule has 3 aliphatic rings. The van der Waals surface area contributed by atoms with Crippen LogP contribution in [0.3, 0.4) is 0 Å². The molecule has 1 atom stereocenters. The lowest BCUT2D eigenvalue weighted by molar-refractivity contribution is -0.136. The molecule has 27 heavy (non-hydrogen) atoms. The van der Waals surface area contributed by atoms with Crippen LogP contribution in [0.4, 0.5) is 5.69 Å². The minimum atomic E-state index is -0.925. The molecule has 2 N–H and O–H groups in total. The van der Waals surface area contributed by atoms with Crippen LogP contribution in [-0.2, 0) is 9.59 Å². The summed E-state index contributed by atoms with van der Waals surface area (Å²) in [6.45, 7) is 3.68. The van der Waals surface area contributed by atoms with Crippen molar-refractivity contribution in [1.29, 1.82) is 0 Å². The van der Waals surface area contributed by atoms with Gasteiger partial charge in [-0.3, -0.25) is 29.4 Å². The van der Waals surface area contributed by atoms with Crippen molar-refractivity contribution in [2.24, 2.45) is 0 Å². The van der Waals surface area contributed by atoms with Crippen molar-refractivity contribution in [2.45, 2.75) is 31.7 Å². The van der Waals surface area contributed by atoms with Gasteiger partial charge in [-0.05, 0) is 50.6 Å². The highest BCUT2D eigenvalue weighted by molar-refractivity contribution is 6.23. The fourth-order valence-corrected chi connectivity index (χ4v) is 3.94. The number of anilines is 1. The first kappa shape index (κ1) is 17.7. The van der Waals surface area contributed by atoms with E-state index in [0.717, 1.165) is 49.6 Å². The maximum absolute atomic E-state index is 12.9. The van der Waals surface area contributed by atoms with E-state index in [2.05, 4.69) is 15.5 Å². The zero-order chi connectivity index (χ0) is 19.0. The number of imide groups is 2. The van der Waals surface area contributed by atoms with Gasteiger partial charge in [-0.1, -0.05) is 0 Å². The second kappa shape index (κ2) is 7.11. The highest BCUT2D eigenvalue weighted by atomic mass is 16.2. The molecule has 0 radical (unpaired) electrons. The van der Waals surface area contributed by atoms with E-state index in [1.54, 1.807) is 12.1 Å². The lowest BCUT2D eigenvalue weighted by Crippen LogP contribution is -2.54. The van der Waals surface area contributed by atoms with Gasteiger partial charge in [0, 0.05) is 25.2 Å². The molecule has 4 amide bonds. The molecular formula is C19H22N4O4. The second-order valence-electron chi connectivity index (χ2n) is 7.12. The molecule has 8 heteroatoms. The average Bonchev–Trinajstić information content (AvgIpc) is 2.86. The topological polar surface area (TPSA) is 98.8 Å². The average molecular weight is 370 g/mol. The molecule has 3 heterocycles. The van der Waals surface area contributed by atoms with Gasteiger partial charge in [0.2, 0.25) is 11.8 Å². The van der Waals surface area contributed by atoms with E-state index >= 15 is 0 Å². The molecule has 1 unspecified atom stereocenters. The van der Waals surface area contributed by atoms with Crippen LogP contribution in [0.2, 0.25) is 0 Å². The van der Waals surface area contributed by atoms with Crippen molar-refractivity contribution in [3.05, 3.63) is 29.3 Å². The van der Waals surface area contributed by atoms with Crippen molar-refractivity contribution in [1.82, 2.24) is 15.5 Å². The van der Waals surface area contributed by atoms with E-state index in [-0.39, 0.29) is 18.7 Å². The Labute approximate surface area is 156 Å². The molecule has 4 rings (SSSR count). The van der Waals surface area contributed by atoms with Gasteiger partial charge < -0.3 is 10.2 Å². The fraction of sp³-hybridized carbons (Fsp3) is 0.474. The van der Waals surface area contributed by atoms with Gasteiger partial charge in [0.05, 0.1) is 11.1 Å². The van der Waals surface area contributed by atoms with Crippen molar-refractivity contribution in [2.75, 3.05) is 31.1 Å². The number of nitrogens with zero attached hydrogens (tertiary/aromatic N) is 2. The van der Waals surface area contributed by atoms with E-state index in [9.17, 15) is 19.2 Å². The summed E-state index contributed by atoms with van der Waals surface area (Å²) in [6, 6.07) is 4.38. The van der Waals surface area contributed by atoms with E-state index in [1.807, 2.05) is 6.07 Å². The van der Waals surface area contributed by atoms with Crippen molar-refractivity contribution >= 4 is 29.3 Å². The van der Waals surface area contributed by atoms with Crippen LogP contribution in [0.5, 0.6) is 0 Å². The van der Waals surface area contributed by atoms with Crippen molar-refractivity contribution < 1.29 is 19.2 Å². The molecule has 0 bridgehead atoms. The first-order valence-corrected chi connectivity index (χ1v) is 9.37. The standard InChI is InChI=1S/C19H22N4O4/c24-16-6-5-15(17(25)21-16)23-18(26)13-4-3-12(11-14(13)19(23)27)22-9-1-7-20-8-2-10-22/h3-4,11,15,20H,1-2,5-10H2,(H,21,24,25). The number of benzene rings is 1. The molecule has 8 nitrogen and oxygen atoms in total. The van der Waals surface area contributed by atoms with Crippen molar-refractivity contribution in [3.8, 4) is 0 Å². The maximum atomic E-state index is 12.9. The molecule has 2 fully saturated rings. The number of amides is 4. The lowest BCUT2D eigenvalue weighted by atomic mass is 10.0. The summed E-state index contributed by atoms with van der Waals surface area (Å²) >= 11 is 0. The fourth-order valence-electron chi connectivity index (χ4n) is 3.94. The van der Waals surface area contributed by atoms with Gasteiger partial charge >= 0.3 is 0 Å². The summed E-state index contributed by atoms with van der Waals surface area (Å²) in [5.41, 5.74) is 1.58. The number of hydrogen-bond acceptors (Lipinski definition) is 6. The highest BCUT2D eigenvalue weighted by Crippen LogP contribution is 2.30. The van der Waals surface area contributed by atoms with E-state index in [1.165, 1.54) is 0 Å². The van der Waals surface area contributed by atoms with Crippen LogP contribution < -0.4 is 15.5 Å². The summed E-state index contributed by atoms with van der Waals surface area (Å²) in [4.78, 5) is 52.4. The number of nitrogens with one attached hydrogen (secondary N) is 2. The Kier molecular flexibility index (Phi) is 4.65. The maximum Gasteiger partial charge on any atom is 0.262 e. The SMILES string of the molecule is O=C1CCC(N2C(=O)c3ccc(N4CCCNCCC4)cc3C2=O)C(=O)N1. The van der Waals surface area contributed by atoms with Gasteiger partial charge in [0.15, 0.2) is 0 Å². The van der Waals surface area contributed by atoms with Crippen LogP contribution in [0.1, 0.15) is 46.4 Å². The normalized spacial score (nSPS) is 23.8. The van der Waals surface area contributed by atoms with Crippen LogP contribution in [0.15, 0.2) is 18.2 Å². The number of fused-ring (bicyclic) bond motifs is 1. The van der Waals surface area contributed by atoms with Crippen molar-refractivity contribution in [3.63, 3.8) is 0 Å². The number of carbonyl (C=O) groups is 4. The number of hydrogen-bond donors (Lipinski definition) is 2. The van der Waals surface area contributed by atoms with Gasteiger partial charge in [0.25, 0.3) is 11.8 Å². The number of rotatable bonds is 2. The van der Waals surface area contributed by atoms with Crippen LogP contribution in [0.25, 0.3) is 0 Å². The molecule has 0 aromatic heterocycles. The Morgan fingerprint density at radius 3 is 2.33 bits per heavy atom. The van der Waals surface area contributed by atoms with Gasteiger partial charge in [-0.2, -0.15) is 0 Å². The Balaban J connectivity index is 1.59. The summed E-state index contributed by atoms with van der Waals surface area (Å²) < 4.78 is 0. The lowest BCUT2D eigenvalue weighted by Gasteiger charge is -2.28. The predicted octanol–water partition coefficient (Wildman–Crippen LogP) is 0.278. The Hall–Kier alpha value is -2.74. The first-order chi connectivity index (χ1) is 13.1. The summed E-state index contributed by atoms with van der Waals surface area (Å²) in [6.07, 6.45) is 2.30. The van der Waals surface area contributed by atoms with E-state index in [4.69, 9.17) is 0 Å². The zero-order valence-electron chi connectivity index (χ0n) is 15.0. The molecule has 1 aromatic carbocycles. The third-order valence-corrected chi connectivity index (χ3v) is 5.35. The predicted molar refractivity (Wildman–Crippen MR) is 97.4 cm³/mol. The van der Waals surface area contributed by atoms with Gasteiger partial charge in [0.1, 0.15) is 6.04 Å². The third kappa shape index (κ3) is 3.21. The molecule has 142 valence electrons. The molecule has 0 saturated carbocycles. The number of carbonyl (C=O) groups excluding carboxylic acids is 4. The van der Waals surface area contributed by atoms with Crippen LogP contribution in [0, 0.1) is 0 Å². The first-order valence-electron chi connectivity index (χ1n) is 9.37. The minimum Gasteiger partial charge on any atom is -0.371 e. The molecule has 1 aromatic rings. The molecule has 0 spiro atoms. The summed E-state index contributed by atoms with van der Waals surface area (Å²) in [5.74, 6) is -1.88. The van der Waals surface area contributed by atoms with Crippen LogP contribution in [-0.4, -0.2) is 60.7 Å². The van der Waals surface area contributed by atoms with E-state index < -0.39 is 23.8 Å². The molecule has 0 aliphatic carbocycles. The Bertz CT molecular complexity index is 814. The molecule has 3 aliphatic heterocycles. The quantitative estimate of drug-likeness (QED) is 0.726. The number of piperidine rings is 1. The zero-order valence-corrected chi connectivity index (χ0v) is 15.0. The molecule has 2 saturated heterocycles. The smallest absolute Gasteiger partial charge is 0.262 e. The van der Waals surface area contributed by atoms with Crippen LogP contribution >= 0.6 is 0 Å². The Morgan fingerprint density at radius 1 is 0.926 bits per heavy atom. The summed E-state index contributed by atoms with van der Waals surface area (Å²) in [7, 11) is 0. The van der Waals surface area contributed by atoms with E-state index in [0.29, 0.717) is 11.1 Å². The van der Waals surface area contributed by atoms with Gasteiger partial charge in [-0.25, -0.2) is 0 Å². The molecular weight excluding hydrogens is 348 g/mol. The summed E-state index contributed by atoms with van der Waals surface area (Å²) in [5, 5.41) is 5.58. The largest absolute Gasteiger partial charge is 0.371 e. The van der Waals surface area contributed by atoms with Gasteiger partial charge in [-0.15, -0.1) is 0 Å². The second-order valence-corrected chi connectivity index (χ2v) is 7.12. The monoisotopic (exact) mass is 370 g/mol. The Morgan fingerprint density at radius 2 is 1.63 bits per heavy atom. The minimum absolute atomic E-state index is 0.122. The highest BCUT2D eigenvalue weighted by Gasteiger charge is 2.44. The third-order valence-electron chi connectivity index (χ3n) is 5.35.